The van der Waals surface area contributed by atoms with Crippen molar-refractivity contribution in [3.63, 3.8) is 0 Å². The standard InChI is InChI=1S/C17H23N3O/c18-12-17(11-15-6-7-16(17)21-15)10-13-8-9-20(19-13)14-4-2-1-3-5-14/h8-9,14-16H,1-7,10-11H2. The molecule has 21 heavy (non-hydrogen) atoms. The molecular formula is C17H23N3O. The number of nitrogens with zero attached hydrogens (tertiary/aromatic N) is 3. The maximum Gasteiger partial charge on any atom is 0.0915 e. The number of rotatable bonds is 3. The van der Waals surface area contributed by atoms with Gasteiger partial charge in [-0.05, 0) is 38.2 Å². The van der Waals surface area contributed by atoms with E-state index < -0.39 is 0 Å². The molecule has 0 radical (unpaired) electrons. The van der Waals surface area contributed by atoms with E-state index in [0.29, 0.717) is 12.1 Å². The molecule has 2 bridgehead atoms. The zero-order valence-corrected chi connectivity index (χ0v) is 12.5. The Bertz CT molecular complexity index is 555. The second kappa shape index (κ2) is 5.14. The lowest BCUT2D eigenvalue weighted by atomic mass is 9.72. The van der Waals surface area contributed by atoms with Gasteiger partial charge in [0.05, 0.1) is 35.4 Å². The smallest absolute Gasteiger partial charge is 0.0915 e. The highest BCUT2D eigenvalue weighted by molar-refractivity contribution is 5.18. The topological polar surface area (TPSA) is 50.8 Å². The average Bonchev–Trinajstić information content (AvgIpc) is 3.24. The fourth-order valence-electron chi connectivity index (χ4n) is 4.49. The quantitative estimate of drug-likeness (QED) is 0.855. The molecule has 3 unspecified atom stereocenters. The minimum atomic E-state index is -0.325. The first-order valence-electron chi connectivity index (χ1n) is 8.40. The zero-order chi connectivity index (χ0) is 14.3. The van der Waals surface area contributed by atoms with Gasteiger partial charge in [0, 0.05) is 12.6 Å². The third kappa shape index (κ3) is 2.28. The van der Waals surface area contributed by atoms with E-state index in [0.717, 1.165) is 31.4 Å². The minimum absolute atomic E-state index is 0.132. The molecule has 1 aromatic heterocycles. The van der Waals surface area contributed by atoms with Crippen molar-refractivity contribution in [2.75, 3.05) is 0 Å². The molecule has 3 aliphatic rings. The molecule has 0 spiro atoms. The van der Waals surface area contributed by atoms with Crippen LogP contribution >= 0.6 is 0 Å². The van der Waals surface area contributed by atoms with Crippen molar-refractivity contribution in [2.24, 2.45) is 5.41 Å². The molecule has 0 N–H and O–H groups in total. The van der Waals surface area contributed by atoms with Gasteiger partial charge < -0.3 is 4.74 Å². The molecule has 4 heteroatoms. The summed E-state index contributed by atoms with van der Waals surface area (Å²) in [5.74, 6) is 0. The van der Waals surface area contributed by atoms with Gasteiger partial charge in [-0.25, -0.2) is 0 Å². The van der Waals surface area contributed by atoms with Crippen molar-refractivity contribution in [2.45, 2.75) is 76.0 Å². The van der Waals surface area contributed by atoms with Gasteiger partial charge in [-0.3, -0.25) is 4.68 Å². The molecule has 2 saturated heterocycles. The predicted octanol–water partition coefficient (Wildman–Crippen LogP) is 3.39. The molecule has 1 aromatic rings. The predicted molar refractivity (Wildman–Crippen MR) is 78.6 cm³/mol. The fourth-order valence-corrected chi connectivity index (χ4v) is 4.49. The number of nitriles is 1. The second-order valence-electron chi connectivity index (χ2n) is 7.05. The van der Waals surface area contributed by atoms with E-state index in [1.807, 2.05) is 0 Å². The lowest BCUT2D eigenvalue weighted by Crippen LogP contribution is -2.33. The highest BCUT2D eigenvalue weighted by atomic mass is 16.5. The van der Waals surface area contributed by atoms with Crippen LogP contribution in [0, 0.1) is 16.7 Å². The molecule has 2 aliphatic heterocycles. The van der Waals surface area contributed by atoms with E-state index in [1.165, 1.54) is 32.1 Å². The molecule has 3 atom stereocenters. The summed E-state index contributed by atoms with van der Waals surface area (Å²) in [6.45, 7) is 0. The van der Waals surface area contributed by atoms with Crippen LogP contribution in [-0.4, -0.2) is 22.0 Å². The summed E-state index contributed by atoms with van der Waals surface area (Å²) < 4.78 is 8.06. The summed E-state index contributed by atoms with van der Waals surface area (Å²) in [6.07, 6.45) is 12.9. The summed E-state index contributed by atoms with van der Waals surface area (Å²) >= 11 is 0. The Morgan fingerprint density at radius 2 is 2.14 bits per heavy atom. The average molecular weight is 285 g/mol. The summed E-state index contributed by atoms with van der Waals surface area (Å²) in [5.41, 5.74) is 0.743. The first-order chi connectivity index (χ1) is 10.3. The fraction of sp³-hybridized carbons (Fsp3) is 0.765. The first kappa shape index (κ1) is 13.3. The number of hydrogen-bond donors (Lipinski definition) is 0. The van der Waals surface area contributed by atoms with Crippen LogP contribution in [0.5, 0.6) is 0 Å². The van der Waals surface area contributed by atoms with Crippen molar-refractivity contribution in [3.8, 4) is 6.07 Å². The molecule has 4 rings (SSSR count). The summed E-state index contributed by atoms with van der Waals surface area (Å²) in [7, 11) is 0. The third-order valence-corrected chi connectivity index (χ3v) is 5.65. The lowest BCUT2D eigenvalue weighted by Gasteiger charge is -2.27. The Balaban J connectivity index is 1.50. The van der Waals surface area contributed by atoms with E-state index in [4.69, 9.17) is 9.84 Å². The van der Waals surface area contributed by atoms with Crippen LogP contribution in [0.1, 0.15) is 63.1 Å². The van der Waals surface area contributed by atoms with Gasteiger partial charge in [0.15, 0.2) is 0 Å². The highest BCUT2D eigenvalue weighted by Gasteiger charge is 2.53. The van der Waals surface area contributed by atoms with E-state index in [1.54, 1.807) is 0 Å². The van der Waals surface area contributed by atoms with Crippen molar-refractivity contribution >= 4 is 0 Å². The Morgan fingerprint density at radius 1 is 1.29 bits per heavy atom. The molecule has 1 aliphatic carbocycles. The molecule has 3 heterocycles. The molecule has 0 amide bonds. The van der Waals surface area contributed by atoms with Crippen molar-refractivity contribution in [3.05, 3.63) is 18.0 Å². The monoisotopic (exact) mass is 285 g/mol. The Morgan fingerprint density at radius 3 is 2.81 bits per heavy atom. The molecule has 4 nitrogen and oxygen atoms in total. The zero-order valence-electron chi connectivity index (χ0n) is 12.5. The largest absolute Gasteiger partial charge is 0.373 e. The van der Waals surface area contributed by atoms with Crippen LogP contribution in [0.15, 0.2) is 12.3 Å². The van der Waals surface area contributed by atoms with Crippen LogP contribution in [0.4, 0.5) is 0 Å². The first-order valence-corrected chi connectivity index (χ1v) is 8.40. The van der Waals surface area contributed by atoms with Gasteiger partial charge in [-0.2, -0.15) is 10.4 Å². The van der Waals surface area contributed by atoms with Crippen LogP contribution in [-0.2, 0) is 11.2 Å². The molecule has 0 aromatic carbocycles. The molecule has 112 valence electrons. The summed E-state index contributed by atoms with van der Waals surface area (Å²) in [6, 6.07) is 5.25. The van der Waals surface area contributed by atoms with Crippen molar-refractivity contribution < 1.29 is 4.74 Å². The van der Waals surface area contributed by atoms with Gasteiger partial charge in [0.2, 0.25) is 0 Å². The third-order valence-electron chi connectivity index (χ3n) is 5.65. The van der Waals surface area contributed by atoms with E-state index >= 15 is 0 Å². The molecule has 1 saturated carbocycles. The number of fused-ring (bicyclic) bond motifs is 2. The van der Waals surface area contributed by atoms with Gasteiger partial charge in [0.1, 0.15) is 0 Å². The van der Waals surface area contributed by atoms with Crippen molar-refractivity contribution in [1.29, 1.82) is 5.26 Å². The van der Waals surface area contributed by atoms with Gasteiger partial charge in [-0.15, -0.1) is 0 Å². The van der Waals surface area contributed by atoms with E-state index in [-0.39, 0.29) is 11.5 Å². The van der Waals surface area contributed by atoms with Crippen LogP contribution in [0.25, 0.3) is 0 Å². The van der Waals surface area contributed by atoms with Crippen LogP contribution in [0.3, 0.4) is 0 Å². The number of hydrogen-bond acceptors (Lipinski definition) is 3. The lowest BCUT2D eigenvalue weighted by molar-refractivity contribution is 0.0784. The SMILES string of the molecule is N#CC1(Cc2ccn(C3CCCCC3)n2)CC2CCC1O2. The Kier molecular flexibility index (Phi) is 3.26. The van der Waals surface area contributed by atoms with Gasteiger partial charge in [0.25, 0.3) is 0 Å². The number of aromatic nitrogens is 2. The van der Waals surface area contributed by atoms with E-state index in [9.17, 15) is 5.26 Å². The van der Waals surface area contributed by atoms with Gasteiger partial charge in [-0.1, -0.05) is 19.3 Å². The Hall–Kier alpha value is -1.34. The molecular weight excluding hydrogens is 262 g/mol. The van der Waals surface area contributed by atoms with Gasteiger partial charge >= 0.3 is 0 Å². The maximum atomic E-state index is 9.69. The Labute approximate surface area is 126 Å². The summed E-state index contributed by atoms with van der Waals surface area (Å²) in [5, 5.41) is 14.5. The van der Waals surface area contributed by atoms with E-state index in [2.05, 4.69) is 23.0 Å². The minimum Gasteiger partial charge on any atom is -0.373 e. The summed E-state index contributed by atoms with van der Waals surface area (Å²) in [4.78, 5) is 0. The highest BCUT2D eigenvalue weighted by Crippen LogP contribution is 2.49. The normalized spacial score (nSPS) is 36.0. The van der Waals surface area contributed by atoms with Crippen LogP contribution in [0.2, 0.25) is 0 Å². The second-order valence-corrected chi connectivity index (χ2v) is 7.05. The number of ether oxygens (including phenoxy) is 1. The molecule has 3 fully saturated rings. The van der Waals surface area contributed by atoms with Crippen molar-refractivity contribution in [1.82, 2.24) is 9.78 Å². The maximum absolute atomic E-state index is 9.69. The van der Waals surface area contributed by atoms with Crippen LogP contribution < -0.4 is 0 Å².